The number of carbonyl (C=O) groups is 1. The number of carbonyl (C=O) groups excluding carboxylic acids is 1. The average molecular weight is 240 g/mol. The minimum atomic E-state index is 0.0500. The summed E-state index contributed by atoms with van der Waals surface area (Å²) in [6, 6.07) is 6.26. The van der Waals surface area contributed by atoms with Gasteiger partial charge in [0, 0.05) is 24.8 Å². The molecule has 1 aromatic carbocycles. The average Bonchev–Trinajstić information content (AvgIpc) is 2.37. The molecule has 0 aliphatic carbocycles. The molecule has 0 amide bonds. The van der Waals surface area contributed by atoms with Crippen LogP contribution >= 0.6 is 0 Å². The molecular weight excluding hydrogens is 224 g/mol. The Morgan fingerprint density at radius 2 is 1.72 bits per heavy atom. The topological polar surface area (TPSA) is 37.3 Å². The molecule has 0 radical (unpaired) electrons. The highest BCUT2D eigenvalue weighted by Crippen LogP contribution is 2.18. The molecule has 0 saturated heterocycles. The van der Waals surface area contributed by atoms with Gasteiger partial charge in [0.1, 0.15) is 5.75 Å². The van der Waals surface area contributed by atoms with Crippen LogP contribution in [0.1, 0.15) is 36.0 Å². The van der Waals surface area contributed by atoms with Crippen molar-refractivity contribution in [2.45, 2.75) is 25.7 Å². The lowest BCUT2D eigenvalue weighted by Crippen LogP contribution is -2.05. The second-order valence-corrected chi connectivity index (χ2v) is 4.19. The van der Waals surface area contributed by atoms with Crippen molar-refractivity contribution < 1.29 is 9.90 Å². The maximum absolute atomic E-state index is 11.9. The minimum absolute atomic E-state index is 0.0500. The first kappa shape index (κ1) is 13.9. The van der Waals surface area contributed by atoms with Crippen LogP contribution in [0.25, 0.3) is 0 Å². The highest BCUT2D eigenvalue weighted by Gasteiger charge is 2.11. The van der Waals surface area contributed by atoms with Gasteiger partial charge in [0.15, 0.2) is 5.78 Å². The minimum Gasteiger partial charge on any atom is -0.508 e. The van der Waals surface area contributed by atoms with Crippen LogP contribution in [0, 0.1) is 30.6 Å². The number of phenolic OH excluding ortho intramolecular Hbond substituents is 1. The fourth-order valence-electron chi connectivity index (χ4n) is 1.74. The molecule has 0 fully saturated rings. The molecule has 0 aromatic heterocycles. The Hall–Kier alpha value is -2.19. The Morgan fingerprint density at radius 1 is 1.17 bits per heavy atom. The summed E-state index contributed by atoms with van der Waals surface area (Å²) in [7, 11) is 0. The van der Waals surface area contributed by atoms with Gasteiger partial charge in [-0.15, -0.1) is 24.7 Å². The molecule has 92 valence electrons. The third kappa shape index (κ3) is 4.36. The van der Waals surface area contributed by atoms with E-state index in [0.717, 1.165) is 0 Å². The molecule has 2 heteroatoms. The quantitative estimate of drug-likeness (QED) is 0.613. The zero-order valence-electron chi connectivity index (χ0n) is 10.2. The predicted octanol–water partition coefficient (Wildman–Crippen LogP) is 3.02. The molecule has 0 aliphatic rings. The van der Waals surface area contributed by atoms with Crippen molar-refractivity contribution in [3.8, 4) is 30.4 Å². The molecule has 18 heavy (non-hydrogen) atoms. The van der Waals surface area contributed by atoms with Gasteiger partial charge in [-0.2, -0.15) is 0 Å². The van der Waals surface area contributed by atoms with Crippen LogP contribution in [-0.2, 0) is 0 Å². The Labute approximate surface area is 108 Å². The van der Waals surface area contributed by atoms with Gasteiger partial charge in [0.2, 0.25) is 0 Å². The van der Waals surface area contributed by atoms with E-state index in [1.54, 1.807) is 12.1 Å². The molecule has 0 bridgehead atoms. The van der Waals surface area contributed by atoms with Gasteiger partial charge in [-0.3, -0.25) is 4.79 Å². The summed E-state index contributed by atoms with van der Waals surface area (Å²) in [5.74, 6) is 5.58. The van der Waals surface area contributed by atoms with E-state index in [1.807, 2.05) is 0 Å². The van der Waals surface area contributed by atoms with Crippen LogP contribution in [0.5, 0.6) is 5.75 Å². The largest absolute Gasteiger partial charge is 0.508 e. The zero-order valence-corrected chi connectivity index (χ0v) is 10.2. The number of hydrogen-bond donors (Lipinski definition) is 1. The third-order valence-corrected chi connectivity index (χ3v) is 2.78. The van der Waals surface area contributed by atoms with Gasteiger partial charge in [-0.05, 0) is 36.6 Å². The maximum Gasteiger partial charge on any atom is 0.162 e. The Balaban J connectivity index is 2.52. The molecule has 0 heterocycles. The van der Waals surface area contributed by atoms with Gasteiger partial charge < -0.3 is 5.11 Å². The third-order valence-electron chi connectivity index (χ3n) is 2.78. The van der Waals surface area contributed by atoms with Gasteiger partial charge in [-0.25, -0.2) is 0 Å². The Kier molecular flexibility index (Phi) is 5.55. The SMILES string of the molecule is C#CCC(CC#C)CCC(=O)c1ccc(O)cc1. The molecule has 0 aliphatic heterocycles. The number of phenols is 1. The standard InChI is InChI=1S/C16H16O2/c1-3-5-13(6-4-2)7-12-16(18)14-8-10-15(17)11-9-14/h1-2,8-11,13,17H,5-7,12H2. The van der Waals surface area contributed by atoms with Crippen LogP contribution in [0.3, 0.4) is 0 Å². The fourth-order valence-corrected chi connectivity index (χ4v) is 1.74. The van der Waals surface area contributed by atoms with Crippen molar-refractivity contribution in [3.05, 3.63) is 29.8 Å². The second kappa shape index (κ2) is 7.20. The Bertz CT molecular complexity index is 455. The van der Waals surface area contributed by atoms with E-state index in [2.05, 4.69) is 11.8 Å². The van der Waals surface area contributed by atoms with Crippen molar-refractivity contribution in [2.24, 2.45) is 5.92 Å². The first-order chi connectivity index (χ1) is 8.67. The molecule has 1 aromatic rings. The highest BCUT2D eigenvalue weighted by molar-refractivity contribution is 5.96. The molecule has 1 N–H and O–H groups in total. The predicted molar refractivity (Wildman–Crippen MR) is 72.1 cm³/mol. The van der Waals surface area contributed by atoms with Crippen molar-refractivity contribution in [2.75, 3.05) is 0 Å². The van der Waals surface area contributed by atoms with E-state index in [9.17, 15) is 4.79 Å². The number of rotatable bonds is 6. The summed E-state index contributed by atoms with van der Waals surface area (Å²) in [4.78, 5) is 11.9. The summed E-state index contributed by atoms with van der Waals surface area (Å²) < 4.78 is 0. The normalized spacial score (nSPS) is 9.72. The summed E-state index contributed by atoms with van der Waals surface area (Å²) in [6.45, 7) is 0. The van der Waals surface area contributed by atoms with Gasteiger partial charge in [-0.1, -0.05) is 0 Å². The van der Waals surface area contributed by atoms with Crippen molar-refractivity contribution in [1.82, 2.24) is 0 Å². The first-order valence-electron chi connectivity index (χ1n) is 5.86. The van der Waals surface area contributed by atoms with E-state index in [-0.39, 0.29) is 17.5 Å². The molecule has 0 spiro atoms. The van der Waals surface area contributed by atoms with Crippen molar-refractivity contribution >= 4 is 5.78 Å². The summed E-state index contributed by atoms with van der Waals surface area (Å²) in [6.07, 6.45) is 12.9. The lowest BCUT2D eigenvalue weighted by molar-refractivity contribution is 0.0974. The van der Waals surface area contributed by atoms with Gasteiger partial charge in [0.05, 0.1) is 0 Å². The lowest BCUT2D eigenvalue weighted by atomic mass is 9.94. The number of ketones is 1. The van der Waals surface area contributed by atoms with Crippen molar-refractivity contribution in [1.29, 1.82) is 0 Å². The van der Waals surface area contributed by atoms with Gasteiger partial charge in [0.25, 0.3) is 0 Å². The van der Waals surface area contributed by atoms with Crippen LogP contribution in [0.15, 0.2) is 24.3 Å². The number of hydrogen-bond acceptors (Lipinski definition) is 2. The maximum atomic E-state index is 11.9. The molecule has 0 saturated carbocycles. The summed E-state index contributed by atoms with van der Waals surface area (Å²) >= 11 is 0. The zero-order chi connectivity index (χ0) is 13.4. The molecule has 0 unspecified atom stereocenters. The van der Waals surface area contributed by atoms with E-state index in [0.29, 0.717) is 31.2 Å². The second-order valence-electron chi connectivity index (χ2n) is 4.19. The van der Waals surface area contributed by atoms with Crippen molar-refractivity contribution in [3.63, 3.8) is 0 Å². The van der Waals surface area contributed by atoms with E-state index < -0.39 is 0 Å². The molecule has 2 nitrogen and oxygen atoms in total. The van der Waals surface area contributed by atoms with E-state index in [1.165, 1.54) is 12.1 Å². The Morgan fingerprint density at radius 3 is 2.22 bits per heavy atom. The smallest absolute Gasteiger partial charge is 0.162 e. The fraction of sp³-hybridized carbons (Fsp3) is 0.312. The molecule has 0 atom stereocenters. The number of Topliss-reactive ketones (excluding diaryl/α,β-unsaturated/α-hetero) is 1. The van der Waals surface area contributed by atoms with Crippen LogP contribution in [0.4, 0.5) is 0 Å². The monoisotopic (exact) mass is 240 g/mol. The number of aromatic hydroxyl groups is 1. The van der Waals surface area contributed by atoms with Gasteiger partial charge >= 0.3 is 0 Å². The summed E-state index contributed by atoms with van der Waals surface area (Å²) in [5.41, 5.74) is 0.605. The number of benzene rings is 1. The first-order valence-corrected chi connectivity index (χ1v) is 5.86. The lowest BCUT2D eigenvalue weighted by Gasteiger charge is -2.10. The molecular formula is C16H16O2. The van der Waals surface area contributed by atoms with E-state index >= 15 is 0 Å². The summed E-state index contributed by atoms with van der Waals surface area (Å²) in [5, 5.41) is 9.14. The molecule has 1 rings (SSSR count). The van der Waals surface area contributed by atoms with Crippen LogP contribution in [0.2, 0.25) is 0 Å². The highest BCUT2D eigenvalue weighted by atomic mass is 16.3. The van der Waals surface area contributed by atoms with E-state index in [4.69, 9.17) is 18.0 Å². The van der Waals surface area contributed by atoms with Crippen LogP contribution < -0.4 is 0 Å². The number of terminal acetylenes is 2. The van der Waals surface area contributed by atoms with Crippen LogP contribution in [-0.4, -0.2) is 10.9 Å².